The number of imide groups is 1. The van der Waals surface area contributed by atoms with E-state index in [1.165, 1.54) is 0 Å². The van der Waals surface area contributed by atoms with E-state index in [2.05, 4.69) is 16.1 Å². The number of amides is 5. The molecule has 5 amide bonds. The van der Waals surface area contributed by atoms with Crippen LogP contribution in [0, 0.1) is 29.6 Å². The van der Waals surface area contributed by atoms with Gasteiger partial charge in [0, 0.05) is 45.9 Å². The number of carbonyl (C=O) groups excluding carboxylic acids is 4. The van der Waals surface area contributed by atoms with Gasteiger partial charge in [-0.05, 0) is 74.5 Å². The van der Waals surface area contributed by atoms with E-state index in [9.17, 15) is 36.7 Å². The largest absolute Gasteiger partial charge is 0.358 e. The van der Waals surface area contributed by atoms with Crippen molar-refractivity contribution in [2.45, 2.75) is 100 Å². The van der Waals surface area contributed by atoms with Gasteiger partial charge in [-0.2, -0.15) is 0 Å². The maximum absolute atomic E-state index is 15.7. The predicted octanol–water partition coefficient (Wildman–Crippen LogP) is 2.73. The molecule has 0 aromatic carbocycles. The first-order chi connectivity index (χ1) is 21.8. The summed E-state index contributed by atoms with van der Waals surface area (Å²) in [6.07, 6.45) is -3.38. The molecule has 4 saturated carbocycles. The molecule has 9 atom stereocenters. The lowest BCUT2D eigenvalue weighted by Gasteiger charge is -2.39. The quantitative estimate of drug-likeness (QED) is 0.273. The first-order valence-corrected chi connectivity index (χ1v) is 16.7. The first kappa shape index (κ1) is 33.4. The van der Waals surface area contributed by atoms with Crippen molar-refractivity contribution in [2.24, 2.45) is 29.6 Å². The molecule has 0 radical (unpaired) electrons. The van der Waals surface area contributed by atoms with Gasteiger partial charge < -0.3 is 15.5 Å². The van der Waals surface area contributed by atoms with Crippen molar-refractivity contribution in [3.8, 4) is 0 Å². The smallest absolute Gasteiger partial charge is 0.325 e. The van der Waals surface area contributed by atoms with Crippen molar-refractivity contribution < 1.29 is 41.1 Å². The third-order valence-corrected chi connectivity index (χ3v) is 11.7. The lowest BCUT2D eigenvalue weighted by molar-refractivity contribution is -0.148. The standard InChI is InChI=1S/C31H45F5N6O4/c1-37-26(43)15-40-14-19(12-38-40)18-4-5-23-22(9-18)24(34)11-30(23)28(45)42(29(46)39-30)16-27(44)41(25-3-2-6-31(25,35)36)13-17-7-20(32)10-21(33)8-17/h17-25,38H,2-16H2,1H3,(H,37,43)(H,39,46)/t17?,18?,19?,20?,21?,22?,23?,24-,25?,30+/m1/s1. The Balaban J connectivity index is 1.13. The molecule has 6 fully saturated rings. The third-order valence-electron chi connectivity index (χ3n) is 11.7. The van der Waals surface area contributed by atoms with Gasteiger partial charge in [-0.3, -0.25) is 24.7 Å². The van der Waals surface area contributed by atoms with E-state index in [1.807, 2.05) is 5.01 Å². The molecular formula is C31H45F5N6O4. The zero-order chi connectivity index (χ0) is 33.0. The number of nitrogens with one attached hydrogen (secondary N) is 3. The number of nitrogens with zero attached hydrogens (tertiary/aromatic N) is 3. The van der Waals surface area contributed by atoms with E-state index >= 15 is 4.39 Å². The Morgan fingerprint density at radius 3 is 2.41 bits per heavy atom. The van der Waals surface area contributed by atoms with Gasteiger partial charge in [0.15, 0.2) is 0 Å². The Bertz CT molecular complexity index is 1200. The number of hydrazine groups is 1. The number of hydrogen-bond acceptors (Lipinski definition) is 6. The molecule has 2 aliphatic heterocycles. The summed E-state index contributed by atoms with van der Waals surface area (Å²) in [5.74, 6) is -6.19. The van der Waals surface area contributed by atoms with Crippen LogP contribution in [-0.2, 0) is 14.4 Å². The van der Waals surface area contributed by atoms with Crippen LogP contribution >= 0.6 is 0 Å². The SMILES string of the molecule is CNC(=O)CN1CC(C2CCC3C(C2)[C@H](F)C[C@]32NC(=O)N(CC(=O)N(CC3CC(F)CC(F)C3)C3CCCC3(F)F)C2=O)CN1. The zero-order valence-corrected chi connectivity index (χ0v) is 26.2. The van der Waals surface area contributed by atoms with Gasteiger partial charge >= 0.3 is 6.03 Å². The van der Waals surface area contributed by atoms with E-state index < -0.39 is 84.6 Å². The van der Waals surface area contributed by atoms with Gasteiger partial charge in [0.25, 0.3) is 11.8 Å². The minimum atomic E-state index is -3.21. The molecule has 0 aromatic rings. The van der Waals surface area contributed by atoms with Crippen molar-refractivity contribution in [1.82, 2.24) is 30.9 Å². The Morgan fingerprint density at radius 2 is 1.74 bits per heavy atom. The second kappa shape index (κ2) is 12.8. The number of hydrogen-bond donors (Lipinski definition) is 3. The number of fused-ring (bicyclic) bond motifs is 2. The van der Waals surface area contributed by atoms with Crippen LogP contribution in [0.2, 0.25) is 0 Å². The summed E-state index contributed by atoms with van der Waals surface area (Å²) in [4.78, 5) is 54.3. The average molecular weight is 661 g/mol. The van der Waals surface area contributed by atoms with E-state index in [0.29, 0.717) is 32.4 Å². The highest BCUT2D eigenvalue weighted by atomic mass is 19.3. The molecule has 2 heterocycles. The molecule has 1 spiro atoms. The van der Waals surface area contributed by atoms with Crippen LogP contribution < -0.4 is 16.1 Å². The van der Waals surface area contributed by atoms with E-state index in [0.717, 1.165) is 9.80 Å². The lowest BCUT2D eigenvalue weighted by Crippen LogP contribution is -2.55. The zero-order valence-electron chi connectivity index (χ0n) is 26.2. The van der Waals surface area contributed by atoms with Crippen LogP contribution in [0.3, 0.4) is 0 Å². The summed E-state index contributed by atoms with van der Waals surface area (Å²) in [7, 11) is 1.57. The minimum Gasteiger partial charge on any atom is -0.358 e. The van der Waals surface area contributed by atoms with Gasteiger partial charge in [0.05, 0.1) is 12.6 Å². The minimum absolute atomic E-state index is 0.00216. The topological polar surface area (TPSA) is 114 Å². The van der Waals surface area contributed by atoms with Crippen molar-refractivity contribution in [3.05, 3.63) is 0 Å². The summed E-state index contributed by atoms with van der Waals surface area (Å²) in [5, 5.41) is 7.16. The molecule has 46 heavy (non-hydrogen) atoms. The van der Waals surface area contributed by atoms with Gasteiger partial charge in [0.1, 0.15) is 30.6 Å². The summed E-state index contributed by atoms with van der Waals surface area (Å²) >= 11 is 0. The molecular weight excluding hydrogens is 615 g/mol. The van der Waals surface area contributed by atoms with Gasteiger partial charge in [-0.25, -0.2) is 31.8 Å². The van der Waals surface area contributed by atoms with E-state index in [4.69, 9.17) is 0 Å². The number of alkyl halides is 5. The Hall–Kier alpha value is -2.55. The first-order valence-electron chi connectivity index (χ1n) is 16.7. The second-order valence-electron chi connectivity index (χ2n) is 14.5. The molecule has 15 heteroatoms. The maximum atomic E-state index is 15.7. The summed E-state index contributed by atoms with van der Waals surface area (Å²) in [6, 6.07) is -2.35. The highest BCUT2D eigenvalue weighted by Crippen LogP contribution is 2.54. The molecule has 6 rings (SSSR count). The Kier molecular flexibility index (Phi) is 9.29. The highest BCUT2D eigenvalue weighted by Gasteiger charge is 2.65. The highest BCUT2D eigenvalue weighted by molar-refractivity contribution is 6.09. The summed E-state index contributed by atoms with van der Waals surface area (Å²) < 4.78 is 73.9. The van der Waals surface area contributed by atoms with Crippen LogP contribution in [0.25, 0.3) is 0 Å². The molecule has 6 aliphatic rings. The number of urea groups is 1. The molecule has 0 aromatic heterocycles. The summed E-state index contributed by atoms with van der Waals surface area (Å²) in [5.41, 5.74) is 1.72. The fourth-order valence-electron chi connectivity index (χ4n) is 9.45. The maximum Gasteiger partial charge on any atom is 0.325 e. The predicted molar refractivity (Wildman–Crippen MR) is 155 cm³/mol. The number of carbonyl (C=O) groups is 4. The molecule has 0 bridgehead atoms. The van der Waals surface area contributed by atoms with Crippen LogP contribution in [0.4, 0.5) is 26.7 Å². The van der Waals surface area contributed by atoms with E-state index in [1.54, 1.807) is 7.05 Å². The molecule has 3 N–H and O–H groups in total. The molecule has 4 aliphatic carbocycles. The average Bonchev–Trinajstić information content (AvgIpc) is 3.73. The van der Waals surface area contributed by atoms with E-state index in [-0.39, 0.29) is 69.4 Å². The molecule has 7 unspecified atom stereocenters. The number of rotatable bonds is 8. The van der Waals surface area contributed by atoms with Crippen molar-refractivity contribution >= 4 is 23.8 Å². The van der Waals surface area contributed by atoms with Gasteiger partial charge in [-0.1, -0.05) is 0 Å². The van der Waals surface area contributed by atoms with Crippen molar-refractivity contribution in [3.63, 3.8) is 0 Å². The Morgan fingerprint density at radius 1 is 1.00 bits per heavy atom. The van der Waals surface area contributed by atoms with Gasteiger partial charge in [0.2, 0.25) is 11.8 Å². The monoisotopic (exact) mass is 660 g/mol. The third kappa shape index (κ3) is 6.22. The number of halogens is 5. The van der Waals surface area contributed by atoms with Crippen LogP contribution in [-0.4, -0.2) is 114 Å². The van der Waals surface area contributed by atoms with Gasteiger partial charge in [-0.15, -0.1) is 0 Å². The number of likely N-dealkylation sites (N-methyl/N-ethyl adjacent to an activating group) is 1. The fraction of sp³-hybridized carbons (Fsp3) is 0.871. The van der Waals surface area contributed by atoms with Crippen molar-refractivity contribution in [1.29, 1.82) is 0 Å². The fourth-order valence-corrected chi connectivity index (χ4v) is 9.45. The van der Waals surface area contributed by atoms with Crippen LogP contribution in [0.1, 0.15) is 64.2 Å². The summed E-state index contributed by atoms with van der Waals surface area (Å²) in [6.45, 7) is 0.416. The van der Waals surface area contributed by atoms with Crippen LogP contribution in [0.5, 0.6) is 0 Å². The Labute approximate surface area is 265 Å². The van der Waals surface area contributed by atoms with Crippen molar-refractivity contribution in [2.75, 3.05) is 39.8 Å². The second-order valence-corrected chi connectivity index (χ2v) is 14.5. The molecule has 10 nitrogen and oxygen atoms in total. The molecule has 2 saturated heterocycles. The van der Waals surface area contributed by atoms with Crippen LogP contribution in [0.15, 0.2) is 0 Å². The molecule has 258 valence electrons. The normalized spacial score (nSPS) is 40.7. The lowest BCUT2D eigenvalue weighted by atomic mass is 9.67.